The van der Waals surface area contributed by atoms with Gasteiger partial charge in [0, 0.05) is 6.54 Å². The molecule has 0 unspecified atom stereocenters. The summed E-state index contributed by atoms with van der Waals surface area (Å²) in [6.45, 7) is 6.01. The summed E-state index contributed by atoms with van der Waals surface area (Å²) in [4.78, 5) is 0. The number of hydrogen-bond acceptors (Lipinski definition) is 2. The maximum absolute atomic E-state index is 13.1. The molecule has 0 fully saturated rings. The summed E-state index contributed by atoms with van der Waals surface area (Å²) in [6, 6.07) is 6.53. The molecule has 0 aliphatic heterocycles. The largest absolute Gasteiger partial charge is 0.312 e. The minimum absolute atomic E-state index is 0.117. The molecule has 3 heteroatoms. The van der Waals surface area contributed by atoms with Crippen molar-refractivity contribution in [1.29, 1.82) is 5.26 Å². The molecule has 1 aromatic carbocycles. The normalized spacial score (nSPS) is 10.5. The molecule has 17 heavy (non-hydrogen) atoms. The lowest BCUT2D eigenvalue weighted by Gasteiger charge is -2.13. The lowest BCUT2D eigenvalue weighted by atomic mass is 10.0. The molecule has 2 nitrogen and oxygen atoms in total. The molecule has 92 valence electrons. The first-order valence-electron chi connectivity index (χ1n) is 6.10. The molecule has 0 saturated carbocycles. The lowest BCUT2D eigenvalue weighted by Crippen LogP contribution is -2.21. The van der Waals surface area contributed by atoms with Crippen molar-refractivity contribution in [1.82, 2.24) is 5.32 Å². The highest BCUT2D eigenvalue weighted by Gasteiger charge is 2.04. The van der Waals surface area contributed by atoms with Crippen molar-refractivity contribution in [3.05, 3.63) is 35.1 Å². The van der Waals surface area contributed by atoms with Gasteiger partial charge < -0.3 is 5.32 Å². The van der Waals surface area contributed by atoms with E-state index in [-0.39, 0.29) is 5.56 Å². The van der Waals surface area contributed by atoms with Crippen molar-refractivity contribution >= 4 is 0 Å². The molecule has 1 rings (SSSR count). The van der Waals surface area contributed by atoms with Crippen LogP contribution in [-0.2, 0) is 6.54 Å². The molecule has 0 aromatic heterocycles. The molecule has 0 bridgehead atoms. The number of rotatable bonds is 6. The van der Waals surface area contributed by atoms with E-state index < -0.39 is 5.82 Å². The van der Waals surface area contributed by atoms with Gasteiger partial charge in [-0.15, -0.1) is 0 Å². The second-order valence-corrected chi connectivity index (χ2v) is 4.24. The lowest BCUT2D eigenvalue weighted by molar-refractivity contribution is 0.449. The molecule has 0 spiro atoms. The van der Waals surface area contributed by atoms with Gasteiger partial charge in [0.2, 0.25) is 0 Å². The molecular weight excluding hydrogens is 215 g/mol. The van der Waals surface area contributed by atoms with Crippen LogP contribution in [0.4, 0.5) is 4.39 Å². The van der Waals surface area contributed by atoms with E-state index in [9.17, 15) is 4.39 Å². The van der Waals surface area contributed by atoms with Crippen molar-refractivity contribution in [2.45, 2.75) is 33.2 Å². The van der Waals surface area contributed by atoms with E-state index >= 15 is 0 Å². The van der Waals surface area contributed by atoms with E-state index in [0.29, 0.717) is 12.5 Å². The fourth-order valence-corrected chi connectivity index (χ4v) is 1.77. The maximum atomic E-state index is 13.1. The van der Waals surface area contributed by atoms with E-state index in [1.54, 1.807) is 12.1 Å². The highest BCUT2D eigenvalue weighted by Crippen LogP contribution is 2.10. The Hall–Kier alpha value is -1.40. The first-order valence-corrected chi connectivity index (χ1v) is 6.10. The molecule has 0 aliphatic carbocycles. The Morgan fingerprint density at radius 2 is 2.06 bits per heavy atom. The molecule has 0 atom stereocenters. The Morgan fingerprint density at radius 1 is 1.35 bits per heavy atom. The maximum Gasteiger partial charge on any atom is 0.140 e. The fourth-order valence-electron chi connectivity index (χ4n) is 1.77. The molecule has 1 aromatic rings. The van der Waals surface area contributed by atoms with Crippen LogP contribution in [0, 0.1) is 23.1 Å². The van der Waals surface area contributed by atoms with Gasteiger partial charge in [0.15, 0.2) is 0 Å². The third-order valence-electron chi connectivity index (χ3n) is 3.07. The van der Waals surface area contributed by atoms with Gasteiger partial charge in [-0.1, -0.05) is 32.8 Å². The van der Waals surface area contributed by atoms with Crippen molar-refractivity contribution in [3.8, 4) is 6.07 Å². The van der Waals surface area contributed by atoms with Crippen LogP contribution in [0.25, 0.3) is 0 Å². The Balaban J connectivity index is 2.50. The topological polar surface area (TPSA) is 35.8 Å². The van der Waals surface area contributed by atoms with Crippen LogP contribution < -0.4 is 5.32 Å². The second-order valence-electron chi connectivity index (χ2n) is 4.24. The van der Waals surface area contributed by atoms with Gasteiger partial charge >= 0.3 is 0 Å². The van der Waals surface area contributed by atoms with E-state index in [2.05, 4.69) is 19.2 Å². The summed E-state index contributed by atoms with van der Waals surface area (Å²) in [7, 11) is 0. The molecule has 0 aliphatic rings. The predicted octanol–water partition coefficient (Wildman–Crippen LogP) is 3.22. The number of benzene rings is 1. The Labute approximate surface area is 102 Å². The van der Waals surface area contributed by atoms with E-state index in [4.69, 9.17) is 5.26 Å². The summed E-state index contributed by atoms with van der Waals surface area (Å²) in [5, 5.41) is 12.1. The van der Waals surface area contributed by atoms with Gasteiger partial charge in [-0.2, -0.15) is 5.26 Å². The third kappa shape index (κ3) is 4.16. The van der Waals surface area contributed by atoms with Crippen LogP contribution >= 0.6 is 0 Å². The van der Waals surface area contributed by atoms with Gasteiger partial charge in [-0.25, -0.2) is 4.39 Å². The summed E-state index contributed by atoms with van der Waals surface area (Å²) in [6.07, 6.45) is 2.33. The molecule has 0 amide bonds. The Morgan fingerprint density at radius 3 is 2.65 bits per heavy atom. The van der Waals surface area contributed by atoms with Gasteiger partial charge in [-0.05, 0) is 30.2 Å². The van der Waals surface area contributed by atoms with Gasteiger partial charge in [0.1, 0.15) is 11.9 Å². The van der Waals surface area contributed by atoms with Crippen LogP contribution in [0.1, 0.15) is 37.8 Å². The number of hydrogen-bond donors (Lipinski definition) is 1. The zero-order chi connectivity index (χ0) is 12.7. The van der Waals surface area contributed by atoms with E-state index in [0.717, 1.165) is 24.9 Å². The van der Waals surface area contributed by atoms with Crippen molar-refractivity contribution in [3.63, 3.8) is 0 Å². The molecule has 0 saturated heterocycles. The zero-order valence-corrected chi connectivity index (χ0v) is 10.5. The monoisotopic (exact) mass is 234 g/mol. The predicted molar refractivity (Wildman–Crippen MR) is 66.9 cm³/mol. The van der Waals surface area contributed by atoms with Crippen LogP contribution in [0.15, 0.2) is 18.2 Å². The Bertz CT molecular complexity index is 392. The minimum Gasteiger partial charge on any atom is -0.312 e. The minimum atomic E-state index is -0.448. The molecule has 1 N–H and O–H groups in total. The van der Waals surface area contributed by atoms with E-state index in [1.165, 1.54) is 6.07 Å². The fraction of sp³-hybridized carbons (Fsp3) is 0.500. The summed E-state index contributed by atoms with van der Waals surface area (Å²) < 4.78 is 13.1. The molecule has 0 heterocycles. The SMILES string of the molecule is CCC(CC)CNCc1ccc(F)c(C#N)c1. The number of nitriles is 1. The summed E-state index contributed by atoms with van der Waals surface area (Å²) in [5.74, 6) is 0.238. The van der Waals surface area contributed by atoms with Crippen molar-refractivity contribution < 1.29 is 4.39 Å². The highest BCUT2D eigenvalue weighted by molar-refractivity contribution is 5.34. The average Bonchev–Trinajstić information content (AvgIpc) is 2.36. The quantitative estimate of drug-likeness (QED) is 0.820. The number of nitrogens with one attached hydrogen (secondary N) is 1. The van der Waals surface area contributed by atoms with Crippen LogP contribution in [0.3, 0.4) is 0 Å². The van der Waals surface area contributed by atoms with Gasteiger partial charge in [-0.3, -0.25) is 0 Å². The summed E-state index contributed by atoms with van der Waals surface area (Å²) >= 11 is 0. The smallest absolute Gasteiger partial charge is 0.140 e. The van der Waals surface area contributed by atoms with Crippen molar-refractivity contribution in [2.75, 3.05) is 6.54 Å². The average molecular weight is 234 g/mol. The second kappa shape index (κ2) is 7.03. The van der Waals surface area contributed by atoms with Crippen LogP contribution in [-0.4, -0.2) is 6.54 Å². The first-order chi connectivity index (χ1) is 8.21. The molecule has 0 radical (unpaired) electrons. The Kier molecular flexibility index (Phi) is 5.65. The van der Waals surface area contributed by atoms with Crippen molar-refractivity contribution in [2.24, 2.45) is 5.92 Å². The van der Waals surface area contributed by atoms with Crippen LogP contribution in [0.5, 0.6) is 0 Å². The molecular formula is C14H19FN2. The zero-order valence-electron chi connectivity index (χ0n) is 10.5. The first kappa shape index (κ1) is 13.7. The van der Waals surface area contributed by atoms with Gasteiger partial charge in [0.25, 0.3) is 0 Å². The summed E-state index contributed by atoms with van der Waals surface area (Å²) in [5.41, 5.74) is 1.07. The number of halogens is 1. The number of nitrogens with zero attached hydrogens (tertiary/aromatic N) is 1. The highest BCUT2D eigenvalue weighted by atomic mass is 19.1. The van der Waals surface area contributed by atoms with Crippen LogP contribution in [0.2, 0.25) is 0 Å². The van der Waals surface area contributed by atoms with Gasteiger partial charge in [0.05, 0.1) is 5.56 Å². The third-order valence-corrected chi connectivity index (χ3v) is 3.07. The standard InChI is InChI=1S/C14H19FN2/c1-3-11(4-2)9-17-10-12-5-6-14(15)13(7-12)8-16/h5-7,11,17H,3-4,9-10H2,1-2H3. The van der Waals surface area contributed by atoms with E-state index in [1.807, 2.05) is 6.07 Å².